The number of halogens is 2. The molecule has 0 aliphatic heterocycles. The first-order valence-electron chi connectivity index (χ1n) is 7.62. The summed E-state index contributed by atoms with van der Waals surface area (Å²) in [5.41, 5.74) is 2.21. The zero-order chi connectivity index (χ0) is 18.0. The predicted molar refractivity (Wildman–Crippen MR) is 98.6 cm³/mol. The molecule has 0 amide bonds. The Morgan fingerprint density at radius 2 is 1.84 bits per heavy atom. The third-order valence-electron chi connectivity index (χ3n) is 3.88. The summed E-state index contributed by atoms with van der Waals surface area (Å²) in [7, 11) is 0. The van der Waals surface area contributed by atoms with Crippen LogP contribution in [-0.4, -0.2) is 16.1 Å². The average Bonchev–Trinajstić information content (AvgIpc) is 2.58. The normalized spacial score (nSPS) is 10.8. The largest absolute Gasteiger partial charge is 0.481 e. The van der Waals surface area contributed by atoms with E-state index in [9.17, 15) is 4.79 Å². The third kappa shape index (κ3) is 3.86. The van der Waals surface area contributed by atoms with E-state index in [0.29, 0.717) is 27.2 Å². The van der Waals surface area contributed by atoms with E-state index in [0.717, 1.165) is 16.3 Å². The number of aromatic nitrogens is 1. The van der Waals surface area contributed by atoms with Crippen LogP contribution < -0.4 is 4.74 Å². The van der Waals surface area contributed by atoms with E-state index in [1.54, 1.807) is 19.1 Å². The standard InChI is InChI=1S/C19H15Cl2NO3/c1-11-15(9-18(23)24)13-4-2-3-5-14(13)19(22-11)25-10-12-6-7-16(20)17(21)8-12/h2-8H,9-10H2,1H3,(H,23,24). The molecule has 0 aliphatic carbocycles. The molecule has 3 aromatic rings. The molecule has 1 aromatic heterocycles. The zero-order valence-corrected chi connectivity index (χ0v) is 14.9. The first-order chi connectivity index (χ1) is 12.0. The van der Waals surface area contributed by atoms with Crippen molar-refractivity contribution in [3.8, 4) is 5.88 Å². The van der Waals surface area contributed by atoms with Crippen LogP contribution in [-0.2, 0) is 17.8 Å². The maximum absolute atomic E-state index is 11.1. The minimum Gasteiger partial charge on any atom is -0.481 e. The number of hydrogen-bond acceptors (Lipinski definition) is 3. The Bertz CT molecular complexity index is 957. The van der Waals surface area contributed by atoms with Crippen LogP contribution in [0.2, 0.25) is 10.0 Å². The van der Waals surface area contributed by atoms with Crippen molar-refractivity contribution < 1.29 is 14.6 Å². The summed E-state index contributed by atoms with van der Waals surface area (Å²) < 4.78 is 5.88. The SMILES string of the molecule is Cc1nc(OCc2ccc(Cl)c(Cl)c2)c2ccccc2c1CC(=O)O. The van der Waals surface area contributed by atoms with E-state index in [4.69, 9.17) is 33.0 Å². The van der Waals surface area contributed by atoms with E-state index in [1.165, 1.54) is 0 Å². The van der Waals surface area contributed by atoms with Gasteiger partial charge in [-0.3, -0.25) is 4.79 Å². The fourth-order valence-corrected chi connectivity index (χ4v) is 2.99. The number of fused-ring (bicyclic) bond motifs is 1. The highest BCUT2D eigenvalue weighted by atomic mass is 35.5. The fraction of sp³-hybridized carbons (Fsp3) is 0.158. The number of aryl methyl sites for hydroxylation is 1. The lowest BCUT2D eigenvalue weighted by atomic mass is 10.0. The van der Waals surface area contributed by atoms with Gasteiger partial charge in [0.15, 0.2) is 0 Å². The molecule has 1 N–H and O–H groups in total. The Balaban J connectivity index is 1.96. The summed E-state index contributed by atoms with van der Waals surface area (Å²) in [4.78, 5) is 15.6. The van der Waals surface area contributed by atoms with Crippen molar-refractivity contribution in [1.82, 2.24) is 4.98 Å². The highest BCUT2D eigenvalue weighted by Crippen LogP contribution is 2.30. The summed E-state index contributed by atoms with van der Waals surface area (Å²) in [5, 5.41) is 11.7. The van der Waals surface area contributed by atoms with Crippen LogP contribution >= 0.6 is 23.2 Å². The minimum absolute atomic E-state index is 0.0770. The van der Waals surface area contributed by atoms with Gasteiger partial charge in [0.2, 0.25) is 5.88 Å². The molecule has 0 saturated carbocycles. The van der Waals surface area contributed by atoms with Gasteiger partial charge in [0.1, 0.15) is 6.61 Å². The lowest BCUT2D eigenvalue weighted by Gasteiger charge is -2.13. The highest BCUT2D eigenvalue weighted by molar-refractivity contribution is 6.42. The average molecular weight is 376 g/mol. The van der Waals surface area contributed by atoms with Gasteiger partial charge in [-0.15, -0.1) is 0 Å². The first-order valence-corrected chi connectivity index (χ1v) is 8.38. The van der Waals surface area contributed by atoms with E-state index in [1.807, 2.05) is 30.3 Å². The van der Waals surface area contributed by atoms with Crippen molar-refractivity contribution in [2.75, 3.05) is 0 Å². The van der Waals surface area contributed by atoms with Gasteiger partial charge < -0.3 is 9.84 Å². The molecule has 4 nitrogen and oxygen atoms in total. The number of hydrogen-bond donors (Lipinski definition) is 1. The quantitative estimate of drug-likeness (QED) is 0.677. The Morgan fingerprint density at radius 1 is 1.12 bits per heavy atom. The molecule has 1 heterocycles. The molecule has 0 spiro atoms. The molecule has 3 rings (SSSR count). The van der Waals surface area contributed by atoms with E-state index >= 15 is 0 Å². The Morgan fingerprint density at radius 3 is 2.52 bits per heavy atom. The van der Waals surface area contributed by atoms with Crippen LogP contribution in [0.5, 0.6) is 5.88 Å². The van der Waals surface area contributed by atoms with Crippen molar-refractivity contribution in [3.05, 3.63) is 69.3 Å². The van der Waals surface area contributed by atoms with Crippen molar-refractivity contribution in [3.63, 3.8) is 0 Å². The second kappa shape index (κ2) is 7.30. The van der Waals surface area contributed by atoms with E-state index in [2.05, 4.69) is 4.98 Å². The molecule has 0 atom stereocenters. The van der Waals surface area contributed by atoms with Crippen molar-refractivity contribution in [2.45, 2.75) is 20.0 Å². The first kappa shape index (κ1) is 17.5. The summed E-state index contributed by atoms with van der Waals surface area (Å²) >= 11 is 11.9. The summed E-state index contributed by atoms with van der Waals surface area (Å²) in [6.07, 6.45) is -0.0770. The van der Waals surface area contributed by atoms with Gasteiger partial charge in [-0.05, 0) is 41.6 Å². The van der Waals surface area contributed by atoms with Gasteiger partial charge in [-0.2, -0.15) is 0 Å². The number of aliphatic carboxylic acids is 1. The van der Waals surface area contributed by atoms with Crippen LogP contribution in [0.3, 0.4) is 0 Å². The number of nitrogens with zero attached hydrogens (tertiary/aromatic N) is 1. The number of benzene rings is 2. The van der Waals surface area contributed by atoms with Gasteiger partial charge in [0, 0.05) is 11.1 Å². The van der Waals surface area contributed by atoms with Gasteiger partial charge >= 0.3 is 5.97 Å². The number of rotatable bonds is 5. The molecule has 2 aromatic carbocycles. The predicted octanol–water partition coefficient (Wildman–Crippen LogP) is 5.06. The van der Waals surface area contributed by atoms with Crippen molar-refractivity contribution in [1.29, 1.82) is 0 Å². The van der Waals surface area contributed by atoms with Gasteiger partial charge in [-0.1, -0.05) is 47.5 Å². The molecular formula is C19H15Cl2NO3. The van der Waals surface area contributed by atoms with Crippen LogP contribution in [0, 0.1) is 6.92 Å². The Kier molecular flexibility index (Phi) is 5.11. The highest BCUT2D eigenvalue weighted by Gasteiger charge is 2.14. The summed E-state index contributed by atoms with van der Waals surface area (Å²) in [6.45, 7) is 2.07. The molecule has 0 aliphatic rings. The van der Waals surface area contributed by atoms with Crippen LogP contribution in [0.25, 0.3) is 10.8 Å². The molecule has 128 valence electrons. The minimum atomic E-state index is -0.889. The second-order valence-corrected chi connectivity index (χ2v) is 6.45. The van der Waals surface area contributed by atoms with E-state index < -0.39 is 5.97 Å². The number of ether oxygens (including phenoxy) is 1. The smallest absolute Gasteiger partial charge is 0.307 e. The second-order valence-electron chi connectivity index (χ2n) is 5.63. The summed E-state index contributed by atoms with van der Waals surface area (Å²) in [6, 6.07) is 12.8. The lowest BCUT2D eigenvalue weighted by Crippen LogP contribution is -2.06. The molecule has 25 heavy (non-hydrogen) atoms. The number of carbonyl (C=O) groups is 1. The van der Waals surface area contributed by atoms with E-state index in [-0.39, 0.29) is 13.0 Å². The van der Waals surface area contributed by atoms with Crippen LogP contribution in [0.1, 0.15) is 16.8 Å². The molecule has 0 unspecified atom stereocenters. The Hall–Kier alpha value is -2.30. The Labute approximate surface area is 155 Å². The number of carboxylic acid groups (broad SMARTS) is 1. The monoisotopic (exact) mass is 375 g/mol. The fourth-order valence-electron chi connectivity index (χ4n) is 2.67. The third-order valence-corrected chi connectivity index (χ3v) is 4.62. The maximum Gasteiger partial charge on any atom is 0.307 e. The molecule has 0 bridgehead atoms. The van der Waals surface area contributed by atoms with Crippen molar-refractivity contribution >= 4 is 39.9 Å². The van der Waals surface area contributed by atoms with Crippen LogP contribution in [0.4, 0.5) is 0 Å². The molecule has 0 fully saturated rings. The molecular weight excluding hydrogens is 361 g/mol. The molecule has 6 heteroatoms. The molecule has 0 radical (unpaired) electrons. The van der Waals surface area contributed by atoms with Gasteiger partial charge in [0.05, 0.1) is 16.5 Å². The van der Waals surface area contributed by atoms with Crippen LogP contribution in [0.15, 0.2) is 42.5 Å². The number of carboxylic acids is 1. The van der Waals surface area contributed by atoms with Crippen molar-refractivity contribution in [2.24, 2.45) is 0 Å². The molecule has 0 saturated heterocycles. The summed E-state index contributed by atoms with van der Waals surface area (Å²) in [5.74, 6) is -0.423. The zero-order valence-electron chi connectivity index (χ0n) is 13.4. The topological polar surface area (TPSA) is 59.4 Å². The maximum atomic E-state index is 11.1. The number of pyridine rings is 1. The van der Waals surface area contributed by atoms with Gasteiger partial charge in [0.25, 0.3) is 0 Å². The lowest BCUT2D eigenvalue weighted by molar-refractivity contribution is -0.136. The van der Waals surface area contributed by atoms with Gasteiger partial charge in [-0.25, -0.2) is 4.98 Å².